The quantitative estimate of drug-likeness (QED) is 0.927. The summed E-state index contributed by atoms with van der Waals surface area (Å²) in [5, 5.41) is 7.30. The number of nitrogens with zero attached hydrogens (tertiary/aromatic N) is 2. The van der Waals surface area contributed by atoms with Crippen LogP contribution in [0.5, 0.6) is 0 Å². The van der Waals surface area contributed by atoms with Crippen molar-refractivity contribution in [2.24, 2.45) is 0 Å². The first-order valence-electron chi connectivity index (χ1n) is 8.15. The highest BCUT2D eigenvalue weighted by Crippen LogP contribution is 2.23. The third kappa shape index (κ3) is 2.91. The summed E-state index contributed by atoms with van der Waals surface area (Å²) in [6.45, 7) is 4.21. The van der Waals surface area contributed by atoms with E-state index in [2.05, 4.69) is 30.3 Å². The van der Waals surface area contributed by atoms with Crippen LogP contribution < -0.4 is 5.32 Å². The number of hydrogen-bond acceptors (Lipinski definition) is 2. The zero-order valence-electron chi connectivity index (χ0n) is 13.3. The standard InChI is InChI=1S/C18H23N3O/c1-3-13(2)21-17(10-11-19-21)20-18(22)16-9-8-14-6-4-5-7-15(14)12-16/h8-13H,3-7H2,1-2H3,(H,20,22). The third-order valence-electron chi connectivity index (χ3n) is 4.53. The fraction of sp³-hybridized carbons (Fsp3) is 0.444. The molecule has 4 heteroatoms. The summed E-state index contributed by atoms with van der Waals surface area (Å²) >= 11 is 0. The summed E-state index contributed by atoms with van der Waals surface area (Å²) in [6, 6.07) is 8.21. The van der Waals surface area contributed by atoms with Crippen LogP contribution >= 0.6 is 0 Å². The molecule has 22 heavy (non-hydrogen) atoms. The Bertz CT molecular complexity index is 675. The molecular weight excluding hydrogens is 274 g/mol. The van der Waals surface area contributed by atoms with Crippen LogP contribution in [0.3, 0.4) is 0 Å². The van der Waals surface area contributed by atoms with Crippen LogP contribution in [0.4, 0.5) is 5.82 Å². The highest BCUT2D eigenvalue weighted by molar-refractivity contribution is 6.04. The lowest BCUT2D eigenvalue weighted by Gasteiger charge is -2.17. The molecule has 1 aliphatic carbocycles. The lowest BCUT2D eigenvalue weighted by molar-refractivity contribution is 0.102. The van der Waals surface area contributed by atoms with Gasteiger partial charge in [0.1, 0.15) is 5.82 Å². The number of fused-ring (bicyclic) bond motifs is 1. The minimum atomic E-state index is -0.0570. The molecule has 1 aromatic carbocycles. The SMILES string of the molecule is CCC(C)n1nccc1NC(=O)c1ccc2c(c1)CCCC2. The van der Waals surface area contributed by atoms with Crippen molar-refractivity contribution in [3.05, 3.63) is 47.2 Å². The zero-order valence-corrected chi connectivity index (χ0v) is 13.3. The normalized spacial score (nSPS) is 15.2. The van der Waals surface area contributed by atoms with E-state index in [1.807, 2.05) is 22.9 Å². The Morgan fingerprint density at radius 1 is 1.27 bits per heavy atom. The van der Waals surface area contributed by atoms with Gasteiger partial charge < -0.3 is 5.32 Å². The molecule has 2 aromatic rings. The first-order chi connectivity index (χ1) is 10.7. The first kappa shape index (κ1) is 14.8. The molecule has 1 atom stereocenters. The highest BCUT2D eigenvalue weighted by Gasteiger charge is 2.15. The molecule has 4 nitrogen and oxygen atoms in total. The van der Waals surface area contributed by atoms with E-state index in [-0.39, 0.29) is 11.9 Å². The Balaban J connectivity index is 1.79. The Labute approximate surface area is 131 Å². The summed E-state index contributed by atoms with van der Waals surface area (Å²) in [5.74, 6) is 0.704. The maximum atomic E-state index is 12.5. The molecular formula is C18H23N3O. The van der Waals surface area contributed by atoms with Gasteiger partial charge in [0.15, 0.2) is 0 Å². The molecule has 1 heterocycles. The van der Waals surface area contributed by atoms with E-state index in [1.165, 1.54) is 24.0 Å². The number of carbonyl (C=O) groups excluding carboxylic acids is 1. The van der Waals surface area contributed by atoms with Gasteiger partial charge in [0.2, 0.25) is 0 Å². The first-order valence-corrected chi connectivity index (χ1v) is 8.15. The van der Waals surface area contributed by atoms with E-state index >= 15 is 0 Å². The number of benzene rings is 1. The van der Waals surface area contributed by atoms with Gasteiger partial charge in [-0.05, 0) is 62.3 Å². The minimum absolute atomic E-state index is 0.0570. The smallest absolute Gasteiger partial charge is 0.256 e. The average molecular weight is 297 g/mol. The number of rotatable bonds is 4. The Hall–Kier alpha value is -2.10. The number of hydrogen-bond donors (Lipinski definition) is 1. The third-order valence-corrected chi connectivity index (χ3v) is 4.53. The van der Waals surface area contributed by atoms with Gasteiger partial charge in [-0.1, -0.05) is 13.0 Å². The average Bonchev–Trinajstić information content (AvgIpc) is 3.01. The monoisotopic (exact) mass is 297 g/mol. The van der Waals surface area contributed by atoms with Crippen LogP contribution in [0.15, 0.2) is 30.5 Å². The van der Waals surface area contributed by atoms with Crippen molar-refractivity contribution in [2.45, 2.75) is 52.0 Å². The molecule has 1 N–H and O–H groups in total. The van der Waals surface area contributed by atoms with Crippen molar-refractivity contribution in [1.82, 2.24) is 9.78 Å². The van der Waals surface area contributed by atoms with Crippen LogP contribution in [-0.4, -0.2) is 15.7 Å². The van der Waals surface area contributed by atoms with Gasteiger partial charge in [-0.25, -0.2) is 4.68 Å². The molecule has 1 aromatic heterocycles. The lowest BCUT2D eigenvalue weighted by Crippen LogP contribution is -2.18. The number of nitrogens with one attached hydrogen (secondary N) is 1. The van der Waals surface area contributed by atoms with E-state index < -0.39 is 0 Å². The molecule has 0 radical (unpaired) electrons. The van der Waals surface area contributed by atoms with Gasteiger partial charge in [-0.15, -0.1) is 0 Å². The van der Waals surface area contributed by atoms with Crippen molar-refractivity contribution in [2.75, 3.05) is 5.32 Å². The predicted molar refractivity (Wildman–Crippen MR) is 88.3 cm³/mol. The molecule has 0 spiro atoms. The number of aryl methyl sites for hydroxylation is 2. The van der Waals surface area contributed by atoms with Crippen molar-refractivity contribution in [1.29, 1.82) is 0 Å². The molecule has 3 rings (SSSR count). The summed E-state index contributed by atoms with van der Waals surface area (Å²) in [4.78, 5) is 12.5. The largest absolute Gasteiger partial charge is 0.307 e. The van der Waals surface area contributed by atoms with Crippen LogP contribution in [0.25, 0.3) is 0 Å². The second-order valence-corrected chi connectivity index (χ2v) is 6.06. The molecule has 0 aliphatic heterocycles. The van der Waals surface area contributed by atoms with Gasteiger partial charge in [0.25, 0.3) is 5.91 Å². The second kappa shape index (κ2) is 6.34. The fourth-order valence-electron chi connectivity index (χ4n) is 3.00. The van der Waals surface area contributed by atoms with Gasteiger partial charge in [-0.3, -0.25) is 4.79 Å². The molecule has 1 amide bonds. The molecule has 1 unspecified atom stereocenters. The lowest BCUT2D eigenvalue weighted by atomic mass is 9.90. The summed E-state index contributed by atoms with van der Waals surface area (Å²) in [7, 11) is 0. The van der Waals surface area contributed by atoms with Crippen LogP contribution in [0.2, 0.25) is 0 Å². The maximum absolute atomic E-state index is 12.5. The van der Waals surface area contributed by atoms with Crippen molar-refractivity contribution in [3.8, 4) is 0 Å². The van der Waals surface area contributed by atoms with Gasteiger partial charge in [0, 0.05) is 11.6 Å². The molecule has 1 aliphatic rings. The van der Waals surface area contributed by atoms with Gasteiger partial charge in [-0.2, -0.15) is 5.10 Å². The zero-order chi connectivity index (χ0) is 15.5. The molecule has 116 valence electrons. The summed E-state index contributed by atoms with van der Waals surface area (Å²) in [6.07, 6.45) is 7.41. The summed E-state index contributed by atoms with van der Waals surface area (Å²) in [5.41, 5.74) is 3.46. The number of carbonyl (C=O) groups is 1. The summed E-state index contributed by atoms with van der Waals surface area (Å²) < 4.78 is 1.87. The highest BCUT2D eigenvalue weighted by atomic mass is 16.1. The Morgan fingerprint density at radius 3 is 2.82 bits per heavy atom. The fourth-order valence-corrected chi connectivity index (χ4v) is 3.00. The van der Waals surface area contributed by atoms with Crippen molar-refractivity contribution >= 4 is 11.7 Å². The predicted octanol–water partition coefficient (Wildman–Crippen LogP) is 3.99. The number of aromatic nitrogens is 2. The van der Waals surface area contributed by atoms with Gasteiger partial charge in [0.05, 0.1) is 12.2 Å². The molecule has 0 saturated heterocycles. The van der Waals surface area contributed by atoms with Crippen LogP contribution in [0.1, 0.15) is 60.6 Å². The Morgan fingerprint density at radius 2 is 2.05 bits per heavy atom. The van der Waals surface area contributed by atoms with Crippen molar-refractivity contribution in [3.63, 3.8) is 0 Å². The molecule has 0 saturated carbocycles. The van der Waals surface area contributed by atoms with E-state index in [0.29, 0.717) is 0 Å². The molecule has 0 bridgehead atoms. The minimum Gasteiger partial charge on any atom is -0.307 e. The molecule has 0 fully saturated rings. The van der Waals surface area contributed by atoms with E-state index in [1.54, 1.807) is 6.20 Å². The topological polar surface area (TPSA) is 46.9 Å². The second-order valence-electron chi connectivity index (χ2n) is 6.06. The van der Waals surface area contributed by atoms with E-state index in [0.717, 1.165) is 30.6 Å². The van der Waals surface area contributed by atoms with Crippen LogP contribution in [-0.2, 0) is 12.8 Å². The van der Waals surface area contributed by atoms with Crippen LogP contribution in [0, 0.1) is 0 Å². The van der Waals surface area contributed by atoms with Gasteiger partial charge >= 0.3 is 0 Å². The van der Waals surface area contributed by atoms with E-state index in [9.17, 15) is 4.79 Å². The number of anilines is 1. The van der Waals surface area contributed by atoms with E-state index in [4.69, 9.17) is 0 Å². The maximum Gasteiger partial charge on any atom is 0.256 e. The Kier molecular flexibility index (Phi) is 4.27. The number of amides is 1. The van der Waals surface area contributed by atoms with Crippen molar-refractivity contribution < 1.29 is 4.79 Å².